The van der Waals surface area contributed by atoms with Gasteiger partial charge in [-0.1, -0.05) is 104 Å². The van der Waals surface area contributed by atoms with E-state index in [0.717, 1.165) is 76.4 Å². The molecule has 0 fully saturated rings. The van der Waals surface area contributed by atoms with Crippen molar-refractivity contribution in [2.75, 3.05) is 0 Å². The zero-order valence-corrected chi connectivity index (χ0v) is 26.6. The highest BCUT2D eigenvalue weighted by Gasteiger charge is 2.17. The Kier molecular flexibility index (Phi) is 12.4. The molecule has 1 aromatic heterocycles. The summed E-state index contributed by atoms with van der Waals surface area (Å²) in [6.07, 6.45) is 9.70. The van der Waals surface area contributed by atoms with Crippen molar-refractivity contribution in [3.63, 3.8) is 0 Å². The van der Waals surface area contributed by atoms with E-state index in [0.29, 0.717) is 0 Å². The summed E-state index contributed by atoms with van der Waals surface area (Å²) in [4.78, 5) is 0. The molecular formula is C37H37BrF4N2. The largest absolute Gasteiger partial charge is 0.285 e. The molecule has 0 radical (unpaired) electrons. The maximum absolute atomic E-state index is 13.6. The van der Waals surface area contributed by atoms with E-state index in [9.17, 15) is 17.6 Å². The van der Waals surface area contributed by atoms with Crippen molar-refractivity contribution in [1.29, 1.82) is 0 Å². The molecule has 0 bridgehead atoms. The molecule has 0 saturated carbocycles. The van der Waals surface area contributed by atoms with Crippen LogP contribution in [0.5, 0.6) is 0 Å². The number of H-pyrrole nitrogens is 1. The lowest BCUT2D eigenvalue weighted by atomic mass is 9.86. The number of aromatic amines is 1. The fourth-order valence-electron chi connectivity index (χ4n) is 5.34. The molecule has 0 saturated heterocycles. The van der Waals surface area contributed by atoms with Gasteiger partial charge in [-0.2, -0.15) is 5.10 Å². The Bertz CT molecular complexity index is 1590. The number of nitrogens with one attached hydrogen (secondary N) is 1. The maximum Gasteiger partial charge on any atom is 0.159 e. The fourth-order valence-corrected chi connectivity index (χ4v) is 5.60. The van der Waals surface area contributed by atoms with Crippen LogP contribution in [0.2, 0.25) is 0 Å². The molecule has 0 aliphatic carbocycles. The van der Waals surface area contributed by atoms with Crippen LogP contribution in [0.1, 0.15) is 86.5 Å². The lowest BCUT2D eigenvalue weighted by Gasteiger charge is -2.18. The Morgan fingerprint density at radius 2 is 1.05 bits per heavy atom. The van der Waals surface area contributed by atoms with E-state index < -0.39 is 23.3 Å². The molecule has 1 heterocycles. The van der Waals surface area contributed by atoms with Crippen molar-refractivity contribution in [2.24, 2.45) is 0 Å². The number of benzene rings is 4. The first-order valence-corrected chi connectivity index (χ1v) is 15.8. The van der Waals surface area contributed by atoms with Crippen molar-refractivity contribution < 1.29 is 17.6 Å². The number of halogens is 5. The van der Waals surface area contributed by atoms with Gasteiger partial charge >= 0.3 is 0 Å². The molecule has 2 unspecified atom stereocenters. The molecule has 0 aliphatic rings. The minimum Gasteiger partial charge on any atom is -0.285 e. The van der Waals surface area contributed by atoms with E-state index in [-0.39, 0.29) is 11.8 Å². The molecule has 2 atom stereocenters. The number of nitrogens with zero attached hydrogens (tertiary/aromatic N) is 1. The smallest absolute Gasteiger partial charge is 0.159 e. The van der Waals surface area contributed by atoms with Gasteiger partial charge in [0.25, 0.3) is 0 Å². The van der Waals surface area contributed by atoms with Gasteiger partial charge in [-0.3, -0.25) is 5.10 Å². The van der Waals surface area contributed by atoms with Gasteiger partial charge in [-0.05, 0) is 77.1 Å². The molecule has 1 N–H and O–H groups in total. The van der Waals surface area contributed by atoms with Crippen molar-refractivity contribution >= 4 is 15.9 Å². The Labute approximate surface area is 265 Å². The van der Waals surface area contributed by atoms with Gasteiger partial charge in [-0.15, -0.1) is 0 Å². The zero-order valence-electron chi connectivity index (χ0n) is 25.0. The number of aromatic nitrogens is 2. The molecule has 0 spiro atoms. The molecule has 44 heavy (non-hydrogen) atoms. The summed E-state index contributed by atoms with van der Waals surface area (Å²) in [7, 11) is 0. The fraction of sp³-hybridized carbons (Fsp3) is 0.270. The van der Waals surface area contributed by atoms with E-state index >= 15 is 0 Å². The van der Waals surface area contributed by atoms with E-state index in [1.54, 1.807) is 18.3 Å². The second-order valence-corrected chi connectivity index (χ2v) is 11.8. The Morgan fingerprint density at radius 1 is 0.591 bits per heavy atom. The van der Waals surface area contributed by atoms with E-state index in [1.807, 2.05) is 42.6 Å². The second kappa shape index (κ2) is 16.4. The minimum absolute atomic E-state index is 0.0680. The summed E-state index contributed by atoms with van der Waals surface area (Å²) in [5, 5.41) is 6.76. The topological polar surface area (TPSA) is 28.7 Å². The molecule has 5 aromatic rings. The van der Waals surface area contributed by atoms with Crippen molar-refractivity contribution in [3.8, 4) is 11.1 Å². The predicted molar refractivity (Wildman–Crippen MR) is 174 cm³/mol. The van der Waals surface area contributed by atoms with Gasteiger partial charge in [0, 0.05) is 28.1 Å². The zero-order chi connectivity index (χ0) is 31.5. The summed E-state index contributed by atoms with van der Waals surface area (Å²) in [6, 6.07) is 24.7. The lowest BCUT2D eigenvalue weighted by Crippen LogP contribution is -2.03. The summed E-state index contributed by atoms with van der Waals surface area (Å²) in [5.41, 5.74) is 6.00. The minimum atomic E-state index is -0.803. The summed E-state index contributed by atoms with van der Waals surface area (Å²) in [6.45, 7) is 4.26. The molecule has 4 aromatic carbocycles. The average Bonchev–Trinajstić information content (AvgIpc) is 3.58. The van der Waals surface area contributed by atoms with E-state index in [2.05, 4.69) is 52.1 Å². The highest BCUT2D eigenvalue weighted by Crippen LogP contribution is 2.33. The monoisotopic (exact) mass is 664 g/mol. The van der Waals surface area contributed by atoms with Crippen LogP contribution in [0.3, 0.4) is 0 Å². The molecular weight excluding hydrogens is 628 g/mol. The third-order valence-corrected chi connectivity index (χ3v) is 8.33. The quantitative estimate of drug-likeness (QED) is 0.140. The number of hydrogen-bond acceptors (Lipinski definition) is 1. The summed E-state index contributed by atoms with van der Waals surface area (Å²) < 4.78 is 54.4. The second-order valence-electron chi connectivity index (χ2n) is 10.9. The van der Waals surface area contributed by atoms with Crippen LogP contribution >= 0.6 is 15.9 Å². The normalized spacial score (nSPS) is 12.3. The van der Waals surface area contributed by atoms with Gasteiger partial charge in [0.15, 0.2) is 23.3 Å². The van der Waals surface area contributed by atoms with Crippen LogP contribution in [-0.2, 0) is 0 Å². The van der Waals surface area contributed by atoms with Crippen molar-refractivity contribution in [2.45, 2.75) is 64.2 Å². The molecule has 0 amide bonds. The highest BCUT2D eigenvalue weighted by molar-refractivity contribution is 9.10. The average molecular weight is 666 g/mol. The number of rotatable bonds is 11. The Morgan fingerprint density at radius 3 is 1.45 bits per heavy atom. The Balaban J connectivity index is 0.000000204. The first-order chi connectivity index (χ1) is 21.3. The molecule has 0 aliphatic heterocycles. The van der Waals surface area contributed by atoms with Crippen LogP contribution in [0.25, 0.3) is 11.1 Å². The first kappa shape index (κ1) is 33.2. The number of unbranched alkanes of at least 4 members (excludes halogenated alkanes) is 2. The number of hydrogen-bond donors (Lipinski definition) is 1. The SMILES string of the molecule is CCCCC(c1ccc(-c2cn[nH]c2)cc1)c1ccc(F)c(F)c1.CCCCC(c1ccc(Br)cc1)c1ccc(F)c(F)c1. The first-order valence-electron chi connectivity index (χ1n) is 15.0. The predicted octanol–water partition coefficient (Wildman–Crippen LogP) is 11.7. The van der Waals surface area contributed by atoms with Crippen LogP contribution in [0.15, 0.2) is 102 Å². The van der Waals surface area contributed by atoms with Crippen LogP contribution < -0.4 is 0 Å². The standard InChI is InChI=1S/C20H20F2N2.C17H17BrF2/c1-2-3-4-18(16-9-10-19(21)20(22)11-16)15-7-5-14(6-8-15)17-12-23-24-13-17;1-2-3-4-15(12-5-8-14(18)9-6-12)13-7-10-16(19)17(20)11-13/h5-13,18H,2-4H2,1H3,(H,23,24);5-11,15H,2-4H2,1H3. The summed E-state index contributed by atoms with van der Waals surface area (Å²) >= 11 is 3.42. The van der Waals surface area contributed by atoms with Gasteiger partial charge in [0.1, 0.15) is 0 Å². The molecule has 230 valence electrons. The third-order valence-electron chi connectivity index (χ3n) is 7.80. The van der Waals surface area contributed by atoms with Crippen LogP contribution in [0, 0.1) is 23.3 Å². The molecule has 7 heteroatoms. The van der Waals surface area contributed by atoms with Crippen LogP contribution in [0.4, 0.5) is 17.6 Å². The van der Waals surface area contributed by atoms with Gasteiger partial charge < -0.3 is 0 Å². The van der Waals surface area contributed by atoms with Gasteiger partial charge in [-0.25, -0.2) is 17.6 Å². The Hall–Kier alpha value is -3.71. The molecule has 5 rings (SSSR count). The van der Waals surface area contributed by atoms with Crippen molar-refractivity contribution in [1.82, 2.24) is 10.2 Å². The van der Waals surface area contributed by atoms with Gasteiger partial charge in [0.2, 0.25) is 0 Å². The molecule has 2 nitrogen and oxygen atoms in total. The van der Waals surface area contributed by atoms with E-state index in [1.165, 1.54) is 24.3 Å². The van der Waals surface area contributed by atoms with Crippen molar-refractivity contribution in [3.05, 3.63) is 147 Å². The maximum atomic E-state index is 13.6. The van der Waals surface area contributed by atoms with E-state index in [4.69, 9.17) is 0 Å². The lowest BCUT2D eigenvalue weighted by molar-refractivity contribution is 0.505. The summed E-state index contributed by atoms with van der Waals surface area (Å²) in [5.74, 6) is -2.98. The van der Waals surface area contributed by atoms with Crippen LogP contribution in [-0.4, -0.2) is 10.2 Å². The third kappa shape index (κ3) is 8.91. The van der Waals surface area contributed by atoms with Gasteiger partial charge in [0.05, 0.1) is 6.20 Å². The highest BCUT2D eigenvalue weighted by atomic mass is 79.9.